The van der Waals surface area contributed by atoms with Crippen molar-refractivity contribution in [2.24, 2.45) is 0 Å². The zero-order valence-electron chi connectivity index (χ0n) is 11.1. The Balaban J connectivity index is 0.000000261. The normalized spacial score (nSPS) is 18.4. The Kier molecular flexibility index (Phi) is 9.36. The first-order valence-corrected chi connectivity index (χ1v) is 7.21. The molecule has 0 bridgehead atoms. The lowest BCUT2D eigenvalue weighted by Gasteiger charge is -2.19. The molecule has 0 radical (unpaired) electrons. The van der Waals surface area contributed by atoms with Crippen molar-refractivity contribution < 1.29 is 22.3 Å². The summed E-state index contributed by atoms with van der Waals surface area (Å²) in [6.07, 6.45) is 0. The monoisotopic (exact) mass is 291 g/mol. The molecule has 7 heteroatoms. The third-order valence-electron chi connectivity index (χ3n) is 2.05. The molecule has 1 aliphatic rings. The van der Waals surface area contributed by atoms with Crippen molar-refractivity contribution in [3.05, 3.63) is 35.9 Å². The van der Waals surface area contributed by atoms with Gasteiger partial charge < -0.3 is 10.1 Å². The SMILES string of the molecule is C[C@@H]1COCCN1.Cc1ccccc1.O=S(=O)(O)O. The molecule has 3 N–H and O–H groups in total. The second-order valence-corrected chi connectivity index (χ2v) is 4.93. The molecule has 1 heterocycles. The van der Waals surface area contributed by atoms with Crippen LogP contribution in [-0.4, -0.2) is 43.3 Å². The lowest BCUT2D eigenvalue weighted by molar-refractivity contribution is 0.0824. The Bertz CT molecular complexity index is 407. The van der Waals surface area contributed by atoms with E-state index in [0.29, 0.717) is 6.04 Å². The second-order valence-electron chi connectivity index (χ2n) is 4.03. The van der Waals surface area contributed by atoms with Gasteiger partial charge in [-0.15, -0.1) is 0 Å². The smallest absolute Gasteiger partial charge is 0.379 e. The molecule has 1 aromatic rings. The van der Waals surface area contributed by atoms with Gasteiger partial charge in [0.15, 0.2) is 0 Å². The van der Waals surface area contributed by atoms with E-state index < -0.39 is 10.4 Å². The highest BCUT2D eigenvalue weighted by molar-refractivity contribution is 7.79. The molecule has 0 spiro atoms. The molecule has 1 fully saturated rings. The van der Waals surface area contributed by atoms with Crippen LogP contribution in [0.4, 0.5) is 0 Å². The molecule has 0 unspecified atom stereocenters. The van der Waals surface area contributed by atoms with Crippen molar-refractivity contribution in [3.8, 4) is 0 Å². The molecule has 6 nitrogen and oxygen atoms in total. The molecule has 19 heavy (non-hydrogen) atoms. The standard InChI is InChI=1S/C7H8.C5H11NO.H2O4S/c1-7-5-3-2-4-6-7;1-5-4-7-3-2-6-5;1-5(2,3)4/h2-6H,1H3;5-6H,2-4H2,1H3;(H2,1,2,3,4)/t;5-;/m.1./s1. The molecule has 0 aliphatic carbocycles. The predicted molar refractivity (Wildman–Crippen MR) is 73.6 cm³/mol. The van der Waals surface area contributed by atoms with Crippen molar-refractivity contribution in [2.75, 3.05) is 19.8 Å². The number of morpholine rings is 1. The number of hydrogen-bond acceptors (Lipinski definition) is 4. The molecule has 1 saturated heterocycles. The van der Waals surface area contributed by atoms with E-state index in [9.17, 15) is 0 Å². The van der Waals surface area contributed by atoms with Crippen LogP contribution in [0.5, 0.6) is 0 Å². The number of benzene rings is 1. The number of rotatable bonds is 0. The van der Waals surface area contributed by atoms with Crippen LogP contribution in [0.1, 0.15) is 12.5 Å². The number of ether oxygens (including phenoxy) is 1. The Morgan fingerprint density at radius 3 is 2.00 bits per heavy atom. The first-order valence-electron chi connectivity index (χ1n) is 5.81. The minimum atomic E-state index is -4.67. The van der Waals surface area contributed by atoms with Crippen molar-refractivity contribution in [3.63, 3.8) is 0 Å². The van der Waals surface area contributed by atoms with Crippen LogP contribution in [0.15, 0.2) is 30.3 Å². The molecule has 1 atom stereocenters. The first-order chi connectivity index (χ1) is 8.79. The Hall–Kier alpha value is -0.990. The summed E-state index contributed by atoms with van der Waals surface area (Å²) in [4.78, 5) is 0. The van der Waals surface area contributed by atoms with E-state index in [2.05, 4.69) is 31.3 Å². The molecule has 0 saturated carbocycles. The van der Waals surface area contributed by atoms with Crippen molar-refractivity contribution in [1.82, 2.24) is 5.32 Å². The second kappa shape index (κ2) is 9.88. The van der Waals surface area contributed by atoms with Gasteiger partial charge in [-0.25, -0.2) is 0 Å². The van der Waals surface area contributed by atoms with Gasteiger partial charge in [0.1, 0.15) is 0 Å². The summed E-state index contributed by atoms with van der Waals surface area (Å²) in [6.45, 7) is 6.98. The lowest BCUT2D eigenvalue weighted by atomic mass is 10.2. The highest BCUT2D eigenvalue weighted by atomic mass is 32.3. The van der Waals surface area contributed by atoms with E-state index >= 15 is 0 Å². The summed E-state index contributed by atoms with van der Waals surface area (Å²) in [5.74, 6) is 0. The Labute approximate surface area is 114 Å². The molecule has 0 amide bonds. The Morgan fingerprint density at radius 1 is 1.26 bits per heavy atom. The fourth-order valence-corrected chi connectivity index (χ4v) is 1.23. The van der Waals surface area contributed by atoms with E-state index in [1.807, 2.05) is 18.2 Å². The van der Waals surface area contributed by atoms with Crippen LogP contribution >= 0.6 is 0 Å². The van der Waals surface area contributed by atoms with Gasteiger partial charge in [0.25, 0.3) is 0 Å². The van der Waals surface area contributed by atoms with Crippen LogP contribution in [0.2, 0.25) is 0 Å². The summed E-state index contributed by atoms with van der Waals surface area (Å²) in [5, 5.41) is 3.26. The van der Waals surface area contributed by atoms with E-state index in [1.165, 1.54) is 5.56 Å². The van der Waals surface area contributed by atoms with Crippen LogP contribution in [0.25, 0.3) is 0 Å². The summed E-state index contributed by atoms with van der Waals surface area (Å²) < 4.78 is 36.7. The third kappa shape index (κ3) is 17.0. The highest BCUT2D eigenvalue weighted by Crippen LogP contribution is 1.92. The zero-order chi connectivity index (χ0) is 14.7. The number of hydrogen-bond donors (Lipinski definition) is 3. The lowest BCUT2D eigenvalue weighted by Crippen LogP contribution is -2.38. The average molecular weight is 291 g/mol. The first kappa shape index (κ1) is 18.0. The third-order valence-corrected chi connectivity index (χ3v) is 2.05. The van der Waals surface area contributed by atoms with Crippen molar-refractivity contribution in [1.29, 1.82) is 0 Å². The maximum atomic E-state index is 8.74. The number of nitrogens with one attached hydrogen (secondary N) is 1. The molecule has 1 aromatic carbocycles. The summed E-state index contributed by atoms with van der Waals surface area (Å²) >= 11 is 0. The van der Waals surface area contributed by atoms with E-state index in [1.54, 1.807) is 0 Å². The van der Waals surface area contributed by atoms with Gasteiger partial charge in [-0.2, -0.15) is 8.42 Å². The van der Waals surface area contributed by atoms with E-state index in [0.717, 1.165) is 19.8 Å². The van der Waals surface area contributed by atoms with Crippen LogP contribution in [-0.2, 0) is 15.1 Å². The van der Waals surface area contributed by atoms with Crippen LogP contribution < -0.4 is 5.32 Å². The minimum Gasteiger partial charge on any atom is -0.379 e. The largest absolute Gasteiger partial charge is 0.394 e. The molecule has 2 rings (SSSR count). The zero-order valence-corrected chi connectivity index (χ0v) is 11.9. The average Bonchev–Trinajstić information content (AvgIpc) is 2.29. The maximum absolute atomic E-state index is 8.74. The van der Waals surface area contributed by atoms with Gasteiger partial charge >= 0.3 is 10.4 Å². The van der Waals surface area contributed by atoms with Crippen LogP contribution in [0.3, 0.4) is 0 Å². The van der Waals surface area contributed by atoms with E-state index in [-0.39, 0.29) is 0 Å². The van der Waals surface area contributed by atoms with Crippen LogP contribution in [0, 0.1) is 6.92 Å². The van der Waals surface area contributed by atoms with Gasteiger partial charge in [0, 0.05) is 12.6 Å². The quantitative estimate of drug-likeness (QED) is 0.624. The topological polar surface area (TPSA) is 95.9 Å². The van der Waals surface area contributed by atoms with Gasteiger partial charge in [0.05, 0.1) is 13.2 Å². The summed E-state index contributed by atoms with van der Waals surface area (Å²) in [7, 11) is -4.67. The van der Waals surface area contributed by atoms with Gasteiger partial charge in [-0.05, 0) is 13.8 Å². The van der Waals surface area contributed by atoms with E-state index in [4.69, 9.17) is 22.3 Å². The fourth-order valence-electron chi connectivity index (χ4n) is 1.23. The number of aryl methyl sites for hydroxylation is 1. The minimum absolute atomic E-state index is 0.564. The van der Waals surface area contributed by atoms with Gasteiger partial charge in [-0.1, -0.05) is 35.9 Å². The Morgan fingerprint density at radius 2 is 1.79 bits per heavy atom. The highest BCUT2D eigenvalue weighted by Gasteiger charge is 2.04. The fraction of sp³-hybridized carbons (Fsp3) is 0.500. The molecular formula is C12H21NO5S. The predicted octanol–water partition coefficient (Wildman–Crippen LogP) is 1.34. The summed E-state index contributed by atoms with van der Waals surface area (Å²) in [5.41, 5.74) is 1.32. The molecular weight excluding hydrogens is 270 g/mol. The molecule has 1 aliphatic heterocycles. The molecule has 0 aromatic heterocycles. The van der Waals surface area contributed by atoms with Gasteiger partial charge in [0.2, 0.25) is 0 Å². The molecule has 110 valence electrons. The van der Waals surface area contributed by atoms with Gasteiger partial charge in [-0.3, -0.25) is 9.11 Å². The van der Waals surface area contributed by atoms with Crippen molar-refractivity contribution in [2.45, 2.75) is 19.9 Å². The van der Waals surface area contributed by atoms with Crippen molar-refractivity contribution >= 4 is 10.4 Å². The summed E-state index contributed by atoms with van der Waals surface area (Å²) in [6, 6.07) is 10.8. The maximum Gasteiger partial charge on any atom is 0.394 e.